The Kier molecular flexibility index (Phi) is 7.10. The summed E-state index contributed by atoms with van der Waals surface area (Å²) < 4.78 is 7.45. The number of aromatic nitrogens is 3. The molecule has 162 valence electrons. The van der Waals surface area contributed by atoms with Crippen LogP contribution in [-0.4, -0.2) is 26.4 Å². The van der Waals surface area contributed by atoms with Gasteiger partial charge in [-0.05, 0) is 49.8 Å². The minimum atomic E-state index is -0.138. The summed E-state index contributed by atoms with van der Waals surface area (Å²) in [6.07, 6.45) is 9.13. The molecule has 0 bridgehead atoms. The van der Waals surface area contributed by atoms with Crippen LogP contribution in [0.2, 0.25) is 0 Å². The minimum Gasteiger partial charge on any atom is -0.461 e. The molecule has 0 radical (unpaired) electrons. The normalized spacial score (nSPS) is 13.8. The van der Waals surface area contributed by atoms with Gasteiger partial charge in [0.15, 0.2) is 16.7 Å². The summed E-state index contributed by atoms with van der Waals surface area (Å²) >= 11 is 2.91. The lowest BCUT2D eigenvalue weighted by Crippen LogP contribution is -2.14. The highest BCUT2D eigenvalue weighted by Crippen LogP contribution is 2.36. The summed E-state index contributed by atoms with van der Waals surface area (Å²) in [5.41, 5.74) is 1.79. The van der Waals surface area contributed by atoms with Crippen LogP contribution in [0.5, 0.6) is 0 Å². The van der Waals surface area contributed by atoms with Gasteiger partial charge in [-0.15, -0.1) is 21.5 Å². The van der Waals surface area contributed by atoms with Crippen LogP contribution in [0.15, 0.2) is 28.0 Å². The second kappa shape index (κ2) is 10.2. The molecule has 0 atom stereocenters. The van der Waals surface area contributed by atoms with Gasteiger partial charge < -0.3 is 9.73 Å². The second-order valence-corrected chi connectivity index (χ2v) is 9.55. The summed E-state index contributed by atoms with van der Waals surface area (Å²) in [4.78, 5) is 14.0. The third kappa shape index (κ3) is 4.86. The molecule has 1 N–H and O–H groups in total. The van der Waals surface area contributed by atoms with Crippen LogP contribution in [0.3, 0.4) is 0 Å². The molecule has 0 aliphatic heterocycles. The number of thiophene rings is 1. The van der Waals surface area contributed by atoms with Gasteiger partial charge in [0.05, 0.1) is 17.6 Å². The Morgan fingerprint density at radius 2 is 2.16 bits per heavy atom. The first kappa shape index (κ1) is 21.7. The standard InChI is InChI=1S/C22H25N5O2S2/c1-2-11-27-20(17-9-7-12-29-17)25-26-22(27)30-14-19(28)24-21-16(13-23)15-8-5-3-4-6-10-18(15)31-21/h7,9,12H,2-6,8,10-11,14H2,1H3,(H,24,28). The number of anilines is 1. The van der Waals surface area contributed by atoms with E-state index in [1.807, 2.05) is 16.7 Å². The molecule has 0 unspecified atom stereocenters. The van der Waals surface area contributed by atoms with Crippen molar-refractivity contribution in [2.24, 2.45) is 0 Å². The lowest BCUT2D eigenvalue weighted by molar-refractivity contribution is -0.113. The van der Waals surface area contributed by atoms with E-state index in [0.717, 1.165) is 44.2 Å². The molecule has 7 nitrogen and oxygen atoms in total. The van der Waals surface area contributed by atoms with E-state index in [4.69, 9.17) is 4.42 Å². The van der Waals surface area contributed by atoms with Crippen molar-refractivity contribution in [2.75, 3.05) is 11.1 Å². The molecule has 0 fully saturated rings. The number of nitriles is 1. The number of hydrogen-bond acceptors (Lipinski definition) is 7. The molecule has 0 aromatic carbocycles. The summed E-state index contributed by atoms with van der Waals surface area (Å²) in [6.45, 7) is 2.82. The number of furan rings is 1. The highest BCUT2D eigenvalue weighted by atomic mass is 32.2. The highest BCUT2D eigenvalue weighted by Gasteiger charge is 2.21. The van der Waals surface area contributed by atoms with E-state index in [1.165, 1.54) is 29.5 Å². The zero-order valence-corrected chi connectivity index (χ0v) is 19.2. The summed E-state index contributed by atoms with van der Waals surface area (Å²) in [6, 6.07) is 6.00. The van der Waals surface area contributed by atoms with Crippen molar-refractivity contribution in [1.82, 2.24) is 14.8 Å². The topological polar surface area (TPSA) is 96.7 Å². The van der Waals surface area contributed by atoms with Gasteiger partial charge in [0, 0.05) is 11.4 Å². The van der Waals surface area contributed by atoms with Crippen LogP contribution in [-0.2, 0) is 24.2 Å². The molecule has 1 aliphatic rings. The largest absolute Gasteiger partial charge is 0.461 e. The number of thioether (sulfide) groups is 1. The maximum Gasteiger partial charge on any atom is 0.235 e. The van der Waals surface area contributed by atoms with Gasteiger partial charge in [0.2, 0.25) is 5.91 Å². The second-order valence-electron chi connectivity index (χ2n) is 7.51. The molecule has 3 aromatic rings. The fourth-order valence-electron chi connectivity index (χ4n) is 3.83. The van der Waals surface area contributed by atoms with Crippen molar-refractivity contribution in [3.63, 3.8) is 0 Å². The highest BCUT2D eigenvalue weighted by molar-refractivity contribution is 7.99. The molecule has 0 saturated carbocycles. The van der Waals surface area contributed by atoms with Crippen molar-refractivity contribution in [3.05, 3.63) is 34.4 Å². The molecule has 3 aromatic heterocycles. The average molecular weight is 456 g/mol. The van der Waals surface area contributed by atoms with Crippen LogP contribution in [0.1, 0.15) is 55.0 Å². The average Bonchev–Trinajstić information content (AvgIpc) is 3.46. The molecule has 1 aliphatic carbocycles. The Labute approximate surface area is 189 Å². The summed E-state index contributed by atoms with van der Waals surface area (Å²) in [7, 11) is 0. The lowest BCUT2D eigenvalue weighted by atomic mass is 9.97. The number of carbonyl (C=O) groups excluding carboxylic acids is 1. The van der Waals surface area contributed by atoms with Crippen LogP contribution in [0, 0.1) is 11.3 Å². The molecule has 0 saturated heterocycles. The van der Waals surface area contributed by atoms with Crippen LogP contribution >= 0.6 is 23.1 Å². The molecule has 9 heteroatoms. The predicted octanol–water partition coefficient (Wildman–Crippen LogP) is 5.27. The number of fused-ring (bicyclic) bond motifs is 1. The molecular weight excluding hydrogens is 430 g/mol. The number of hydrogen-bond donors (Lipinski definition) is 1. The maximum absolute atomic E-state index is 12.7. The van der Waals surface area contributed by atoms with Crippen molar-refractivity contribution >= 4 is 34.0 Å². The van der Waals surface area contributed by atoms with Gasteiger partial charge in [0.1, 0.15) is 11.1 Å². The molecule has 0 spiro atoms. The van der Waals surface area contributed by atoms with E-state index in [-0.39, 0.29) is 11.7 Å². The molecule has 4 rings (SSSR count). The van der Waals surface area contributed by atoms with E-state index < -0.39 is 0 Å². The predicted molar refractivity (Wildman–Crippen MR) is 122 cm³/mol. The van der Waals surface area contributed by atoms with Crippen molar-refractivity contribution in [1.29, 1.82) is 5.26 Å². The Hall–Kier alpha value is -2.57. The minimum absolute atomic E-state index is 0.138. The number of nitrogens with one attached hydrogen (secondary N) is 1. The van der Waals surface area contributed by atoms with Crippen molar-refractivity contribution in [2.45, 2.75) is 63.6 Å². The first-order valence-electron chi connectivity index (χ1n) is 10.7. The van der Waals surface area contributed by atoms with E-state index in [2.05, 4.69) is 28.5 Å². The Morgan fingerprint density at radius 3 is 2.90 bits per heavy atom. The zero-order valence-electron chi connectivity index (χ0n) is 17.5. The number of amides is 1. The Balaban J connectivity index is 1.46. The van der Waals surface area contributed by atoms with Gasteiger partial charge in [-0.25, -0.2) is 0 Å². The molecular formula is C22H25N5O2S2. The van der Waals surface area contributed by atoms with Gasteiger partial charge >= 0.3 is 0 Å². The summed E-state index contributed by atoms with van der Waals surface area (Å²) in [5, 5.41) is 22.6. The molecule has 31 heavy (non-hydrogen) atoms. The van der Waals surface area contributed by atoms with E-state index in [9.17, 15) is 10.1 Å². The van der Waals surface area contributed by atoms with Gasteiger partial charge in [0.25, 0.3) is 0 Å². The van der Waals surface area contributed by atoms with Crippen LogP contribution in [0.4, 0.5) is 5.00 Å². The SMILES string of the molecule is CCCn1c(SCC(=O)Nc2sc3c(c2C#N)CCCCCC3)nnc1-c1ccco1. The van der Waals surface area contributed by atoms with Gasteiger partial charge in [-0.3, -0.25) is 9.36 Å². The van der Waals surface area contributed by atoms with Gasteiger partial charge in [-0.2, -0.15) is 5.26 Å². The monoisotopic (exact) mass is 455 g/mol. The number of carbonyl (C=O) groups is 1. The Bertz CT molecular complexity index is 1080. The zero-order chi connectivity index (χ0) is 21.6. The molecule has 1 amide bonds. The van der Waals surface area contributed by atoms with Gasteiger partial charge in [-0.1, -0.05) is 31.5 Å². The van der Waals surface area contributed by atoms with Crippen molar-refractivity contribution < 1.29 is 9.21 Å². The van der Waals surface area contributed by atoms with Crippen molar-refractivity contribution in [3.8, 4) is 17.7 Å². The number of aryl methyl sites for hydroxylation is 1. The third-order valence-electron chi connectivity index (χ3n) is 5.27. The first-order chi connectivity index (χ1) is 15.2. The van der Waals surface area contributed by atoms with E-state index in [1.54, 1.807) is 17.6 Å². The lowest BCUT2D eigenvalue weighted by Gasteiger charge is -2.09. The summed E-state index contributed by atoms with van der Waals surface area (Å²) in [5.74, 6) is 1.39. The first-order valence-corrected chi connectivity index (χ1v) is 12.5. The number of rotatable bonds is 7. The molecule has 3 heterocycles. The quantitative estimate of drug-likeness (QED) is 0.487. The third-order valence-corrected chi connectivity index (χ3v) is 7.45. The van der Waals surface area contributed by atoms with Crippen LogP contribution in [0.25, 0.3) is 11.6 Å². The van der Waals surface area contributed by atoms with E-state index in [0.29, 0.717) is 27.3 Å². The van der Waals surface area contributed by atoms with Crippen LogP contribution < -0.4 is 5.32 Å². The maximum atomic E-state index is 12.7. The van der Waals surface area contributed by atoms with E-state index >= 15 is 0 Å². The fraction of sp³-hybridized carbons (Fsp3) is 0.455. The smallest absolute Gasteiger partial charge is 0.235 e. The fourth-order valence-corrected chi connectivity index (χ4v) is 5.85. The Morgan fingerprint density at radius 1 is 1.32 bits per heavy atom. The number of nitrogens with zero attached hydrogens (tertiary/aromatic N) is 4.